The van der Waals surface area contributed by atoms with Crippen molar-refractivity contribution in [1.82, 2.24) is 4.98 Å². The summed E-state index contributed by atoms with van der Waals surface area (Å²) in [6, 6.07) is 7.40. The first kappa shape index (κ1) is 14.7. The van der Waals surface area contributed by atoms with Gasteiger partial charge in [0.2, 0.25) is 5.88 Å². The summed E-state index contributed by atoms with van der Waals surface area (Å²) in [6.07, 6.45) is 1.51. The van der Waals surface area contributed by atoms with E-state index in [0.717, 1.165) is 0 Å². The summed E-state index contributed by atoms with van der Waals surface area (Å²) in [4.78, 5) is 16.1. The van der Waals surface area contributed by atoms with Crippen molar-refractivity contribution in [3.8, 4) is 5.88 Å². The lowest BCUT2D eigenvalue weighted by Crippen LogP contribution is -2.13. The number of benzene rings is 1. The summed E-state index contributed by atoms with van der Waals surface area (Å²) in [6.45, 7) is 2.40. The van der Waals surface area contributed by atoms with Crippen LogP contribution in [0.5, 0.6) is 5.88 Å². The minimum atomic E-state index is -0.367. The van der Waals surface area contributed by atoms with Crippen molar-refractivity contribution in [3.63, 3.8) is 0 Å². The molecular formula is C14H12FIN2O2. The second-order valence-corrected chi connectivity index (χ2v) is 5.06. The first-order valence-electron chi connectivity index (χ1n) is 5.95. The lowest BCUT2D eigenvalue weighted by atomic mass is 10.2. The topological polar surface area (TPSA) is 51.2 Å². The van der Waals surface area contributed by atoms with Crippen LogP contribution in [0.25, 0.3) is 0 Å². The predicted molar refractivity (Wildman–Crippen MR) is 82.5 cm³/mol. The first-order valence-corrected chi connectivity index (χ1v) is 7.03. The van der Waals surface area contributed by atoms with Crippen molar-refractivity contribution in [2.24, 2.45) is 0 Å². The van der Waals surface area contributed by atoms with Crippen molar-refractivity contribution in [3.05, 3.63) is 51.5 Å². The Morgan fingerprint density at radius 2 is 2.20 bits per heavy atom. The van der Waals surface area contributed by atoms with E-state index in [1.54, 1.807) is 12.1 Å². The van der Waals surface area contributed by atoms with Gasteiger partial charge in [0.25, 0.3) is 5.91 Å². The van der Waals surface area contributed by atoms with Gasteiger partial charge in [0.05, 0.1) is 24.1 Å². The molecule has 2 aromatic rings. The largest absolute Gasteiger partial charge is 0.478 e. The van der Waals surface area contributed by atoms with Crippen LogP contribution < -0.4 is 10.1 Å². The highest BCUT2D eigenvalue weighted by molar-refractivity contribution is 14.1. The molecule has 20 heavy (non-hydrogen) atoms. The average Bonchev–Trinajstić information content (AvgIpc) is 2.41. The number of hydrogen-bond acceptors (Lipinski definition) is 3. The number of pyridine rings is 1. The van der Waals surface area contributed by atoms with Gasteiger partial charge in [-0.25, -0.2) is 9.37 Å². The average molecular weight is 386 g/mol. The zero-order valence-corrected chi connectivity index (χ0v) is 12.8. The van der Waals surface area contributed by atoms with Gasteiger partial charge < -0.3 is 10.1 Å². The SMILES string of the molecule is CCOc1ccc(NC(=O)c2ccc(F)cc2I)cn1. The molecule has 2 rings (SSSR count). The number of carbonyl (C=O) groups excluding carboxylic acids is 1. The van der Waals surface area contributed by atoms with Gasteiger partial charge in [-0.3, -0.25) is 4.79 Å². The molecule has 0 radical (unpaired) electrons. The molecule has 0 fully saturated rings. The van der Waals surface area contributed by atoms with E-state index in [2.05, 4.69) is 10.3 Å². The molecule has 1 heterocycles. The van der Waals surface area contributed by atoms with E-state index in [0.29, 0.717) is 27.3 Å². The molecule has 0 spiro atoms. The van der Waals surface area contributed by atoms with E-state index < -0.39 is 0 Å². The molecule has 4 nitrogen and oxygen atoms in total. The molecule has 104 valence electrons. The Bertz CT molecular complexity index is 617. The van der Waals surface area contributed by atoms with Gasteiger partial charge in [-0.05, 0) is 53.8 Å². The van der Waals surface area contributed by atoms with Crippen molar-refractivity contribution in [2.45, 2.75) is 6.92 Å². The third-order valence-electron chi connectivity index (χ3n) is 2.46. The molecule has 0 atom stereocenters. The van der Waals surface area contributed by atoms with Crippen LogP contribution in [0.3, 0.4) is 0 Å². The summed E-state index contributed by atoms with van der Waals surface area (Å²) >= 11 is 1.92. The van der Waals surface area contributed by atoms with Gasteiger partial charge in [0.1, 0.15) is 5.82 Å². The standard InChI is InChI=1S/C14H12FIN2O2/c1-2-20-13-6-4-10(8-17-13)18-14(19)11-5-3-9(15)7-12(11)16/h3-8H,2H2,1H3,(H,18,19). The maximum atomic E-state index is 13.0. The van der Waals surface area contributed by atoms with E-state index in [9.17, 15) is 9.18 Å². The van der Waals surface area contributed by atoms with Crippen molar-refractivity contribution in [1.29, 1.82) is 0 Å². The van der Waals surface area contributed by atoms with E-state index in [1.807, 2.05) is 29.5 Å². The Labute approximate surface area is 129 Å². The van der Waals surface area contributed by atoms with Crippen LogP contribution in [-0.4, -0.2) is 17.5 Å². The quantitative estimate of drug-likeness (QED) is 0.819. The third-order valence-corrected chi connectivity index (χ3v) is 3.35. The number of rotatable bonds is 4. The maximum absolute atomic E-state index is 13.0. The Balaban J connectivity index is 2.11. The van der Waals surface area contributed by atoms with Gasteiger partial charge in [0.15, 0.2) is 0 Å². The second-order valence-electron chi connectivity index (χ2n) is 3.90. The molecule has 1 amide bonds. The minimum Gasteiger partial charge on any atom is -0.478 e. The Kier molecular flexibility index (Phi) is 4.89. The Morgan fingerprint density at radius 1 is 1.40 bits per heavy atom. The van der Waals surface area contributed by atoms with Crippen molar-refractivity contribution in [2.75, 3.05) is 11.9 Å². The van der Waals surface area contributed by atoms with E-state index in [-0.39, 0.29) is 11.7 Å². The molecule has 1 aromatic heterocycles. The molecule has 0 unspecified atom stereocenters. The number of nitrogens with one attached hydrogen (secondary N) is 1. The zero-order chi connectivity index (χ0) is 14.5. The van der Waals surface area contributed by atoms with Crippen LogP contribution in [0.2, 0.25) is 0 Å². The molecule has 0 aliphatic carbocycles. The number of anilines is 1. The number of nitrogens with zero attached hydrogens (tertiary/aromatic N) is 1. The molecule has 0 aliphatic rings. The maximum Gasteiger partial charge on any atom is 0.256 e. The first-order chi connectivity index (χ1) is 9.60. The molecule has 0 bridgehead atoms. The zero-order valence-electron chi connectivity index (χ0n) is 10.7. The van der Waals surface area contributed by atoms with Crippen molar-refractivity contribution < 1.29 is 13.9 Å². The number of hydrogen-bond donors (Lipinski definition) is 1. The highest BCUT2D eigenvalue weighted by Crippen LogP contribution is 2.17. The fraction of sp³-hybridized carbons (Fsp3) is 0.143. The summed E-state index contributed by atoms with van der Waals surface area (Å²) < 4.78 is 18.8. The molecule has 0 saturated heterocycles. The summed E-state index contributed by atoms with van der Waals surface area (Å²) in [7, 11) is 0. The van der Waals surface area contributed by atoms with Crippen molar-refractivity contribution >= 4 is 34.2 Å². The fourth-order valence-corrected chi connectivity index (χ4v) is 2.28. The fourth-order valence-electron chi connectivity index (χ4n) is 1.56. The van der Waals surface area contributed by atoms with Crippen LogP contribution in [-0.2, 0) is 0 Å². The van der Waals surface area contributed by atoms with E-state index >= 15 is 0 Å². The highest BCUT2D eigenvalue weighted by Gasteiger charge is 2.11. The number of halogens is 2. The van der Waals surface area contributed by atoms with E-state index in [1.165, 1.54) is 24.4 Å². The van der Waals surface area contributed by atoms with Gasteiger partial charge in [-0.2, -0.15) is 0 Å². The highest BCUT2D eigenvalue weighted by atomic mass is 127. The van der Waals surface area contributed by atoms with Crippen LogP contribution in [0.15, 0.2) is 36.5 Å². The molecular weight excluding hydrogens is 374 g/mol. The lowest BCUT2D eigenvalue weighted by molar-refractivity contribution is 0.102. The summed E-state index contributed by atoms with van der Waals surface area (Å²) in [5, 5.41) is 2.70. The van der Waals surface area contributed by atoms with Crippen LogP contribution >= 0.6 is 22.6 Å². The Morgan fingerprint density at radius 3 is 2.80 bits per heavy atom. The predicted octanol–water partition coefficient (Wildman–Crippen LogP) is 3.48. The molecule has 1 N–H and O–H groups in total. The molecule has 0 aliphatic heterocycles. The minimum absolute atomic E-state index is 0.305. The summed E-state index contributed by atoms with van der Waals surface area (Å²) in [5.41, 5.74) is 0.972. The number of carbonyl (C=O) groups is 1. The second kappa shape index (κ2) is 6.65. The van der Waals surface area contributed by atoms with Gasteiger partial charge in [-0.15, -0.1) is 0 Å². The molecule has 1 aromatic carbocycles. The molecule has 6 heteroatoms. The smallest absolute Gasteiger partial charge is 0.256 e. The molecule has 0 saturated carbocycles. The summed E-state index contributed by atoms with van der Waals surface area (Å²) in [5.74, 6) is -0.170. The number of ether oxygens (including phenoxy) is 1. The Hall–Kier alpha value is -1.70. The lowest BCUT2D eigenvalue weighted by Gasteiger charge is -2.07. The monoisotopic (exact) mass is 386 g/mol. The van der Waals surface area contributed by atoms with E-state index in [4.69, 9.17) is 4.74 Å². The third kappa shape index (κ3) is 3.66. The van der Waals surface area contributed by atoms with Gasteiger partial charge in [-0.1, -0.05) is 0 Å². The van der Waals surface area contributed by atoms with Gasteiger partial charge in [0, 0.05) is 9.64 Å². The van der Waals surface area contributed by atoms with Crippen LogP contribution in [0, 0.1) is 9.39 Å². The normalized spacial score (nSPS) is 10.2. The van der Waals surface area contributed by atoms with Gasteiger partial charge >= 0.3 is 0 Å². The van der Waals surface area contributed by atoms with Crippen LogP contribution in [0.1, 0.15) is 17.3 Å². The number of amides is 1. The van der Waals surface area contributed by atoms with Crippen LogP contribution in [0.4, 0.5) is 10.1 Å². The number of aromatic nitrogens is 1.